The molecule has 22 heavy (non-hydrogen) atoms. The third-order valence-corrected chi connectivity index (χ3v) is 3.03. The van der Waals surface area contributed by atoms with Gasteiger partial charge in [0.15, 0.2) is 5.75 Å². The fourth-order valence-electron chi connectivity index (χ4n) is 2.25. The number of anilines is 1. The second-order valence-electron chi connectivity index (χ2n) is 6.08. The Labute approximate surface area is 130 Å². The summed E-state index contributed by atoms with van der Waals surface area (Å²) in [5.41, 5.74) is 0.894. The maximum absolute atomic E-state index is 12.0. The van der Waals surface area contributed by atoms with E-state index in [0.717, 1.165) is 23.9 Å². The first-order valence-corrected chi connectivity index (χ1v) is 7.38. The fraction of sp³-hybridized carbons (Fsp3) is 0.500. The highest BCUT2D eigenvalue weighted by molar-refractivity contribution is 5.96. The van der Waals surface area contributed by atoms with Gasteiger partial charge < -0.3 is 9.47 Å². The predicted molar refractivity (Wildman–Crippen MR) is 86.4 cm³/mol. The van der Waals surface area contributed by atoms with Crippen molar-refractivity contribution >= 4 is 22.7 Å². The molecular formula is C16H23N3O3. The van der Waals surface area contributed by atoms with Crippen molar-refractivity contribution in [3.8, 4) is 5.75 Å². The third-order valence-electron chi connectivity index (χ3n) is 3.03. The van der Waals surface area contributed by atoms with E-state index in [2.05, 4.69) is 17.3 Å². The number of amides is 1. The number of benzene rings is 1. The van der Waals surface area contributed by atoms with E-state index in [4.69, 9.17) is 9.47 Å². The zero-order valence-corrected chi connectivity index (χ0v) is 13.8. The van der Waals surface area contributed by atoms with Crippen molar-refractivity contribution < 1.29 is 14.3 Å². The second kappa shape index (κ2) is 6.25. The number of nitrogens with zero attached hydrogens (tertiary/aromatic N) is 2. The molecule has 0 spiro atoms. The smallest absolute Gasteiger partial charge is 0.412 e. The van der Waals surface area contributed by atoms with Crippen LogP contribution in [0.15, 0.2) is 18.3 Å². The lowest BCUT2D eigenvalue weighted by Crippen LogP contribution is -2.27. The van der Waals surface area contributed by atoms with Gasteiger partial charge in [0.05, 0.1) is 19.0 Å². The van der Waals surface area contributed by atoms with Crippen molar-refractivity contribution in [1.82, 2.24) is 9.78 Å². The number of ether oxygens (including phenoxy) is 2. The maximum atomic E-state index is 12.0. The average Bonchev–Trinajstić information content (AvgIpc) is 2.80. The van der Waals surface area contributed by atoms with E-state index in [1.54, 1.807) is 19.4 Å². The molecule has 0 fully saturated rings. The summed E-state index contributed by atoms with van der Waals surface area (Å²) < 4.78 is 12.7. The van der Waals surface area contributed by atoms with Crippen LogP contribution in [0.1, 0.15) is 34.1 Å². The number of fused-ring (bicyclic) bond motifs is 1. The number of nitrogens with one attached hydrogen (secondary N) is 1. The number of carbonyl (C=O) groups is 1. The van der Waals surface area contributed by atoms with Gasteiger partial charge in [0.1, 0.15) is 11.1 Å². The minimum absolute atomic E-state index is 0.508. The van der Waals surface area contributed by atoms with Crippen LogP contribution >= 0.6 is 0 Å². The highest BCUT2D eigenvalue weighted by Gasteiger charge is 2.19. The Morgan fingerprint density at radius 3 is 2.68 bits per heavy atom. The Hall–Kier alpha value is -2.24. The van der Waals surface area contributed by atoms with Crippen LogP contribution in [-0.2, 0) is 11.3 Å². The Morgan fingerprint density at radius 2 is 2.09 bits per heavy atom. The molecule has 1 N–H and O–H groups in total. The summed E-state index contributed by atoms with van der Waals surface area (Å²) in [5, 5.41) is 8.08. The average molecular weight is 305 g/mol. The third kappa shape index (κ3) is 3.50. The quantitative estimate of drug-likeness (QED) is 0.933. The van der Waals surface area contributed by atoms with Gasteiger partial charge in [-0.3, -0.25) is 10.00 Å². The van der Waals surface area contributed by atoms with E-state index >= 15 is 0 Å². The summed E-state index contributed by atoms with van der Waals surface area (Å²) in [4.78, 5) is 12.0. The van der Waals surface area contributed by atoms with Crippen LogP contribution in [0.3, 0.4) is 0 Å². The predicted octanol–water partition coefficient (Wildman–Crippen LogP) is 3.80. The fourth-order valence-corrected chi connectivity index (χ4v) is 2.25. The van der Waals surface area contributed by atoms with Gasteiger partial charge in [0.2, 0.25) is 0 Å². The number of rotatable bonds is 4. The molecule has 2 aromatic rings. The van der Waals surface area contributed by atoms with Crippen LogP contribution in [0.25, 0.3) is 10.9 Å². The van der Waals surface area contributed by atoms with Gasteiger partial charge in [-0.25, -0.2) is 4.79 Å². The van der Waals surface area contributed by atoms with Gasteiger partial charge in [0.25, 0.3) is 0 Å². The molecule has 0 bridgehead atoms. The summed E-state index contributed by atoms with van der Waals surface area (Å²) in [6.07, 6.45) is 2.25. The number of aryl methyl sites for hydroxylation is 1. The second-order valence-corrected chi connectivity index (χ2v) is 6.08. The molecular weight excluding hydrogens is 282 g/mol. The molecule has 6 nitrogen and oxygen atoms in total. The van der Waals surface area contributed by atoms with Gasteiger partial charge in [-0.05, 0) is 39.3 Å². The first kappa shape index (κ1) is 16.1. The minimum Gasteiger partial charge on any atom is -0.492 e. The van der Waals surface area contributed by atoms with Gasteiger partial charge >= 0.3 is 6.09 Å². The largest absolute Gasteiger partial charge is 0.492 e. The van der Waals surface area contributed by atoms with Gasteiger partial charge in [-0.2, -0.15) is 5.10 Å². The summed E-state index contributed by atoms with van der Waals surface area (Å²) >= 11 is 0. The minimum atomic E-state index is -0.550. The lowest BCUT2D eigenvalue weighted by Gasteiger charge is -2.20. The Kier molecular flexibility index (Phi) is 4.59. The first-order valence-electron chi connectivity index (χ1n) is 7.38. The maximum Gasteiger partial charge on any atom is 0.412 e. The molecule has 0 aliphatic heterocycles. The zero-order valence-electron chi connectivity index (χ0n) is 13.8. The van der Waals surface area contributed by atoms with E-state index in [-0.39, 0.29) is 0 Å². The standard InChI is InChI=1S/C16H23N3O3/c1-6-9-19-13-11(10-17-19)7-8-12(14(13)21-5)18-15(20)22-16(2,3)4/h7-8,10H,6,9H2,1-5H3,(H,18,20). The molecule has 6 heteroatoms. The van der Waals surface area contributed by atoms with Crippen molar-refractivity contribution in [1.29, 1.82) is 0 Å². The highest BCUT2D eigenvalue weighted by atomic mass is 16.6. The van der Waals surface area contributed by atoms with Crippen LogP contribution < -0.4 is 10.1 Å². The molecule has 0 radical (unpaired) electrons. The van der Waals surface area contributed by atoms with Gasteiger partial charge in [-0.15, -0.1) is 0 Å². The summed E-state index contributed by atoms with van der Waals surface area (Å²) in [7, 11) is 1.58. The molecule has 0 atom stereocenters. The van der Waals surface area contributed by atoms with Crippen molar-refractivity contribution in [2.45, 2.75) is 46.3 Å². The topological polar surface area (TPSA) is 65.4 Å². The van der Waals surface area contributed by atoms with Gasteiger partial charge in [-0.1, -0.05) is 6.92 Å². The number of carbonyl (C=O) groups excluding carboxylic acids is 1. The molecule has 0 unspecified atom stereocenters. The number of methoxy groups -OCH3 is 1. The lowest BCUT2D eigenvalue weighted by molar-refractivity contribution is 0.0635. The van der Waals surface area contributed by atoms with Crippen molar-refractivity contribution in [2.24, 2.45) is 0 Å². The van der Waals surface area contributed by atoms with Crippen molar-refractivity contribution in [3.05, 3.63) is 18.3 Å². The molecule has 0 saturated carbocycles. The zero-order chi connectivity index (χ0) is 16.3. The van der Waals surface area contributed by atoms with Crippen LogP contribution in [0.5, 0.6) is 5.75 Å². The first-order chi connectivity index (χ1) is 10.4. The lowest BCUT2D eigenvalue weighted by atomic mass is 10.2. The summed E-state index contributed by atoms with van der Waals surface area (Å²) in [5.74, 6) is 0.592. The summed E-state index contributed by atoms with van der Waals surface area (Å²) in [6, 6.07) is 3.70. The SMILES string of the molecule is CCCn1ncc2ccc(NC(=O)OC(C)(C)C)c(OC)c21. The number of aromatic nitrogens is 2. The number of hydrogen-bond donors (Lipinski definition) is 1. The molecule has 120 valence electrons. The van der Waals surface area contributed by atoms with Crippen molar-refractivity contribution in [3.63, 3.8) is 0 Å². The van der Waals surface area contributed by atoms with E-state index in [1.807, 2.05) is 31.5 Å². The van der Waals surface area contributed by atoms with Crippen molar-refractivity contribution in [2.75, 3.05) is 12.4 Å². The molecule has 1 heterocycles. The van der Waals surface area contributed by atoms with E-state index < -0.39 is 11.7 Å². The molecule has 0 aliphatic rings. The summed E-state index contributed by atoms with van der Waals surface area (Å²) in [6.45, 7) is 8.34. The molecule has 2 rings (SSSR count). The van der Waals surface area contributed by atoms with E-state index in [0.29, 0.717) is 11.4 Å². The van der Waals surface area contributed by atoms with Crippen LogP contribution in [0.4, 0.5) is 10.5 Å². The Bertz CT molecular complexity index is 671. The molecule has 1 aromatic heterocycles. The van der Waals surface area contributed by atoms with Crippen LogP contribution in [-0.4, -0.2) is 28.6 Å². The Morgan fingerprint density at radius 1 is 1.36 bits per heavy atom. The van der Waals surface area contributed by atoms with Crippen LogP contribution in [0.2, 0.25) is 0 Å². The monoisotopic (exact) mass is 305 g/mol. The highest BCUT2D eigenvalue weighted by Crippen LogP contribution is 2.34. The number of hydrogen-bond acceptors (Lipinski definition) is 4. The Balaban J connectivity index is 2.37. The van der Waals surface area contributed by atoms with Gasteiger partial charge in [0, 0.05) is 11.9 Å². The van der Waals surface area contributed by atoms with Crippen LogP contribution in [0, 0.1) is 0 Å². The van der Waals surface area contributed by atoms with E-state index in [9.17, 15) is 4.79 Å². The van der Waals surface area contributed by atoms with E-state index in [1.165, 1.54) is 0 Å². The molecule has 0 saturated heterocycles. The molecule has 0 aliphatic carbocycles. The molecule has 1 aromatic carbocycles. The molecule has 1 amide bonds. The normalized spacial score (nSPS) is 11.5.